The fourth-order valence-electron chi connectivity index (χ4n) is 3.39. The first-order valence-corrected chi connectivity index (χ1v) is 8.56. The maximum atomic E-state index is 12.6. The molecule has 130 valence electrons. The van der Waals surface area contributed by atoms with Gasteiger partial charge in [0, 0.05) is 17.7 Å². The number of allylic oxidation sites excluding steroid dienone is 2. The summed E-state index contributed by atoms with van der Waals surface area (Å²) in [5.41, 5.74) is 0.644. The van der Waals surface area contributed by atoms with Gasteiger partial charge in [0.05, 0.1) is 6.26 Å². The van der Waals surface area contributed by atoms with Gasteiger partial charge < -0.3 is 9.73 Å². The normalized spacial score (nSPS) is 23.8. The van der Waals surface area contributed by atoms with Gasteiger partial charge in [-0.25, -0.2) is 9.98 Å². The Balaban J connectivity index is 1.68. The molecular weight excluding hydrogens is 318 g/mol. The average molecular weight is 339 g/mol. The van der Waals surface area contributed by atoms with Crippen LogP contribution in [0.15, 0.2) is 50.8 Å². The molecule has 3 heterocycles. The van der Waals surface area contributed by atoms with E-state index in [2.05, 4.69) is 32.8 Å². The highest BCUT2D eigenvalue weighted by Crippen LogP contribution is 2.30. The second kappa shape index (κ2) is 6.58. The molecule has 1 aliphatic carbocycles. The molecule has 0 radical (unpaired) electrons. The van der Waals surface area contributed by atoms with E-state index in [0.29, 0.717) is 30.1 Å². The monoisotopic (exact) mass is 339 g/mol. The summed E-state index contributed by atoms with van der Waals surface area (Å²) in [5, 5.41) is 6.53. The SMILES string of the molecule is Cc1cc(=O)n2c(n1)NC(=NCc1ccco1)N[C@@H]2[C@H]1CC=CCC1. The number of rotatable bonds is 3. The van der Waals surface area contributed by atoms with Crippen LogP contribution < -0.4 is 16.2 Å². The van der Waals surface area contributed by atoms with E-state index in [1.807, 2.05) is 19.1 Å². The fraction of sp³-hybridized carbons (Fsp3) is 0.389. The third-order valence-corrected chi connectivity index (χ3v) is 4.60. The van der Waals surface area contributed by atoms with Crippen LogP contribution in [0.5, 0.6) is 0 Å². The number of aliphatic imine (C=N–C) groups is 1. The maximum Gasteiger partial charge on any atom is 0.256 e. The lowest BCUT2D eigenvalue weighted by atomic mass is 9.91. The van der Waals surface area contributed by atoms with Crippen LogP contribution in [0.4, 0.5) is 5.95 Å². The van der Waals surface area contributed by atoms with E-state index in [-0.39, 0.29) is 11.7 Å². The summed E-state index contributed by atoms with van der Waals surface area (Å²) in [4.78, 5) is 21.6. The number of aromatic nitrogens is 2. The molecule has 0 fully saturated rings. The first kappa shape index (κ1) is 15.7. The van der Waals surface area contributed by atoms with Crippen molar-refractivity contribution in [1.29, 1.82) is 0 Å². The molecule has 0 saturated carbocycles. The van der Waals surface area contributed by atoms with Gasteiger partial charge in [-0.15, -0.1) is 0 Å². The number of nitrogens with zero attached hydrogens (tertiary/aromatic N) is 3. The number of guanidine groups is 1. The molecule has 0 bridgehead atoms. The Morgan fingerprint density at radius 3 is 3.12 bits per heavy atom. The maximum absolute atomic E-state index is 12.6. The Morgan fingerprint density at radius 2 is 2.36 bits per heavy atom. The molecule has 25 heavy (non-hydrogen) atoms. The average Bonchev–Trinajstić information content (AvgIpc) is 3.13. The number of hydrogen-bond acceptors (Lipinski definition) is 4. The quantitative estimate of drug-likeness (QED) is 0.840. The van der Waals surface area contributed by atoms with Gasteiger partial charge in [-0.3, -0.25) is 14.7 Å². The van der Waals surface area contributed by atoms with Gasteiger partial charge in [0.2, 0.25) is 5.95 Å². The van der Waals surface area contributed by atoms with Crippen molar-refractivity contribution in [3.8, 4) is 0 Å². The van der Waals surface area contributed by atoms with E-state index in [1.165, 1.54) is 0 Å². The summed E-state index contributed by atoms with van der Waals surface area (Å²) < 4.78 is 7.04. The van der Waals surface area contributed by atoms with Crippen LogP contribution in [0, 0.1) is 12.8 Å². The largest absolute Gasteiger partial charge is 0.467 e. The first-order chi connectivity index (χ1) is 12.2. The lowest BCUT2D eigenvalue weighted by Crippen LogP contribution is -2.50. The fourth-order valence-corrected chi connectivity index (χ4v) is 3.39. The van der Waals surface area contributed by atoms with E-state index in [1.54, 1.807) is 16.9 Å². The Kier molecular flexibility index (Phi) is 4.13. The Hall–Kier alpha value is -2.83. The minimum atomic E-state index is -0.155. The predicted octanol–water partition coefficient (Wildman–Crippen LogP) is 2.57. The van der Waals surface area contributed by atoms with Gasteiger partial charge in [-0.2, -0.15) is 0 Å². The van der Waals surface area contributed by atoms with Crippen molar-refractivity contribution in [2.24, 2.45) is 10.9 Å². The summed E-state index contributed by atoms with van der Waals surface area (Å²) in [5.74, 6) is 2.27. The van der Waals surface area contributed by atoms with Gasteiger partial charge in [0.15, 0.2) is 5.96 Å². The molecule has 0 aromatic carbocycles. The van der Waals surface area contributed by atoms with Gasteiger partial charge in [-0.05, 0) is 38.3 Å². The standard InChI is InChI=1S/C18H21N5O2/c1-12-10-15(24)23-16(13-6-3-2-4-7-13)21-17(22-18(23)20-12)19-11-14-8-5-9-25-14/h2-3,5,8-10,13,16H,4,6-7,11H2,1H3,(H2,19,20,21,22)/t13-,16-/m0/s1. The van der Waals surface area contributed by atoms with Crippen molar-refractivity contribution in [1.82, 2.24) is 14.9 Å². The molecule has 7 nitrogen and oxygen atoms in total. The molecule has 2 aromatic rings. The van der Waals surface area contributed by atoms with Crippen molar-refractivity contribution in [2.75, 3.05) is 5.32 Å². The highest BCUT2D eigenvalue weighted by Gasteiger charge is 2.31. The van der Waals surface area contributed by atoms with Crippen molar-refractivity contribution < 1.29 is 4.42 Å². The number of anilines is 1. The first-order valence-electron chi connectivity index (χ1n) is 8.56. The lowest BCUT2D eigenvalue weighted by Gasteiger charge is -2.36. The highest BCUT2D eigenvalue weighted by molar-refractivity contribution is 5.93. The predicted molar refractivity (Wildman–Crippen MR) is 95.4 cm³/mol. The molecule has 0 saturated heterocycles. The third kappa shape index (κ3) is 3.22. The van der Waals surface area contributed by atoms with Gasteiger partial charge >= 0.3 is 0 Å². The molecule has 0 unspecified atom stereocenters. The second-order valence-corrected chi connectivity index (χ2v) is 6.43. The van der Waals surface area contributed by atoms with Crippen LogP contribution in [0.1, 0.15) is 36.9 Å². The van der Waals surface area contributed by atoms with E-state index >= 15 is 0 Å². The topological polar surface area (TPSA) is 84.5 Å². The third-order valence-electron chi connectivity index (χ3n) is 4.60. The number of hydrogen-bond donors (Lipinski definition) is 2. The highest BCUT2D eigenvalue weighted by atomic mass is 16.3. The molecule has 0 amide bonds. The molecule has 2 aromatic heterocycles. The molecule has 2 atom stereocenters. The zero-order chi connectivity index (χ0) is 17.2. The second-order valence-electron chi connectivity index (χ2n) is 6.43. The lowest BCUT2D eigenvalue weighted by molar-refractivity contribution is 0.276. The van der Waals surface area contributed by atoms with Crippen LogP contribution in [0.2, 0.25) is 0 Å². The van der Waals surface area contributed by atoms with Crippen LogP contribution in [-0.2, 0) is 6.54 Å². The number of nitrogens with one attached hydrogen (secondary N) is 2. The summed E-state index contributed by atoms with van der Waals surface area (Å²) in [6, 6.07) is 5.30. The van der Waals surface area contributed by atoms with Crippen LogP contribution in [0.3, 0.4) is 0 Å². The molecule has 4 rings (SSSR count). The summed E-state index contributed by atoms with van der Waals surface area (Å²) in [6.45, 7) is 2.25. The summed E-state index contributed by atoms with van der Waals surface area (Å²) in [6.07, 6.45) is 8.84. The van der Waals surface area contributed by atoms with Crippen LogP contribution in [-0.4, -0.2) is 15.5 Å². The van der Waals surface area contributed by atoms with E-state index in [0.717, 1.165) is 25.0 Å². The molecule has 7 heteroatoms. The van der Waals surface area contributed by atoms with Gasteiger partial charge in [0.1, 0.15) is 18.5 Å². The minimum Gasteiger partial charge on any atom is -0.467 e. The number of fused-ring (bicyclic) bond motifs is 1. The van der Waals surface area contributed by atoms with Crippen molar-refractivity contribution in [3.05, 3.63) is 58.4 Å². The van der Waals surface area contributed by atoms with E-state index < -0.39 is 0 Å². The molecule has 0 spiro atoms. The molecule has 2 aliphatic rings. The van der Waals surface area contributed by atoms with Crippen molar-refractivity contribution >= 4 is 11.9 Å². The summed E-state index contributed by atoms with van der Waals surface area (Å²) in [7, 11) is 0. The molecular formula is C18H21N5O2. The van der Waals surface area contributed by atoms with Crippen molar-refractivity contribution in [2.45, 2.75) is 38.9 Å². The Bertz CT molecular complexity index is 866. The number of furan rings is 1. The Labute approximate surface area is 145 Å². The Morgan fingerprint density at radius 1 is 1.44 bits per heavy atom. The van der Waals surface area contributed by atoms with E-state index in [4.69, 9.17) is 4.42 Å². The van der Waals surface area contributed by atoms with Gasteiger partial charge in [0.25, 0.3) is 5.56 Å². The molecule has 1 aliphatic heterocycles. The zero-order valence-electron chi connectivity index (χ0n) is 14.1. The van der Waals surface area contributed by atoms with Crippen molar-refractivity contribution in [3.63, 3.8) is 0 Å². The van der Waals surface area contributed by atoms with Gasteiger partial charge in [-0.1, -0.05) is 12.2 Å². The van der Waals surface area contributed by atoms with Crippen LogP contribution >= 0.6 is 0 Å². The summed E-state index contributed by atoms with van der Waals surface area (Å²) >= 11 is 0. The zero-order valence-corrected chi connectivity index (χ0v) is 14.1. The van der Waals surface area contributed by atoms with Crippen LogP contribution in [0.25, 0.3) is 0 Å². The molecule has 2 N–H and O–H groups in total. The number of aryl methyl sites for hydroxylation is 1. The minimum absolute atomic E-state index is 0.0489. The van der Waals surface area contributed by atoms with E-state index in [9.17, 15) is 4.79 Å². The smallest absolute Gasteiger partial charge is 0.256 e.